The van der Waals surface area contributed by atoms with Crippen LogP contribution in [0.4, 0.5) is 10.5 Å². The second kappa shape index (κ2) is 10.2. The highest BCUT2D eigenvalue weighted by molar-refractivity contribution is 9.10. The van der Waals surface area contributed by atoms with Crippen molar-refractivity contribution in [3.63, 3.8) is 0 Å². The molecule has 8 heteroatoms. The molecule has 3 N–H and O–H groups in total. The topological polar surface area (TPSA) is 90.5 Å². The number of hydrogen-bond donors (Lipinski definition) is 3. The molecule has 0 saturated carbocycles. The Morgan fingerprint density at radius 2 is 1.77 bits per heavy atom. The maximum Gasteiger partial charge on any atom is 0.319 e. The van der Waals surface area contributed by atoms with Gasteiger partial charge in [-0.2, -0.15) is 0 Å². The number of halogens is 1. The molecule has 1 saturated heterocycles. The minimum atomic E-state index is -0.544. The van der Waals surface area contributed by atoms with Crippen molar-refractivity contribution < 1.29 is 14.4 Å². The molecule has 7 nitrogen and oxygen atoms in total. The maximum atomic E-state index is 12.3. The highest BCUT2D eigenvalue weighted by Gasteiger charge is 2.23. The average Bonchev–Trinajstić information content (AvgIpc) is 2.63. The van der Waals surface area contributed by atoms with E-state index in [1.807, 2.05) is 12.1 Å². The molecule has 0 bridgehead atoms. The highest BCUT2D eigenvalue weighted by atomic mass is 79.9. The summed E-state index contributed by atoms with van der Waals surface area (Å²) in [6, 6.07) is 6.26. The van der Waals surface area contributed by atoms with E-state index in [1.54, 1.807) is 24.0 Å². The Morgan fingerprint density at radius 1 is 1.12 bits per heavy atom. The SMILES string of the molecule is C[C@H](NC(=O)CCNC(=O)Nc1ccc(Br)cc1)C(=O)N1CCCCC1. The summed E-state index contributed by atoms with van der Waals surface area (Å²) in [5.41, 5.74) is 0.663. The fourth-order valence-electron chi connectivity index (χ4n) is 2.76. The van der Waals surface area contributed by atoms with Gasteiger partial charge in [0.25, 0.3) is 0 Å². The lowest BCUT2D eigenvalue weighted by atomic mass is 10.1. The Bertz CT molecular complexity index is 630. The van der Waals surface area contributed by atoms with Gasteiger partial charge in [0.2, 0.25) is 11.8 Å². The second-order valence-electron chi connectivity index (χ2n) is 6.31. The molecule has 4 amide bonds. The predicted octanol–water partition coefficient (Wildman–Crippen LogP) is 2.48. The third-order valence-electron chi connectivity index (χ3n) is 4.16. The summed E-state index contributed by atoms with van der Waals surface area (Å²) in [7, 11) is 0. The van der Waals surface area contributed by atoms with Crippen LogP contribution in [0, 0.1) is 0 Å². The number of benzene rings is 1. The van der Waals surface area contributed by atoms with Gasteiger partial charge in [-0.1, -0.05) is 15.9 Å². The molecule has 0 aliphatic carbocycles. The van der Waals surface area contributed by atoms with Crippen molar-refractivity contribution >= 4 is 39.5 Å². The van der Waals surface area contributed by atoms with E-state index in [0.717, 1.165) is 36.8 Å². The molecule has 2 rings (SSSR count). The van der Waals surface area contributed by atoms with E-state index in [-0.39, 0.29) is 30.8 Å². The standard InChI is InChI=1S/C18H25BrN4O3/c1-13(17(25)23-11-3-2-4-12-23)21-16(24)9-10-20-18(26)22-15-7-5-14(19)6-8-15/h5-8,13H,2-4,9-12H2,1H3,(H,21,24)(H2,20,22,26)/t13-/m0/s1. The fraction of sp³-hybridized carbons (Fsp3) is 0.500. The van der Waals surface area contributed by atoms with Gasteiger partial charge in [0, 0.05) is 36.2 Å². The van der Waals surface area contributed by atoms with Gasteiger partial charge in [0.05, 0.1) is 0 Å². The van der Waals surface area contributed by atoms with Crippen molar-refractivity contribution in [2.75, 3.05) is 25.0 Å². The number of likely N-dealkylation sites (tertiary alicyclic amines) is 1. The first kappa shape index (κ1) is 20.2. The van der Waals surface area contributed by atoms with E-state index in [0.29, 0.717) is 5.69 Å². The minimum Gasteiger partial charge on any atom is -0.345 e. The van der Waals surface area contributed by atoms with Crippen molar-refractivity contribution in [1.82, 2.24) is 15.5 Å². The Balaban J connectivity index is 1.65. The van der Waals surface area contributed by atoms with E-state index >= 15 is 0 Å². The molecule has 0 spiro atoms. The zero-order valence-electron chi connectivity index (χ0n) is 14.9. The molecular formula is C18H25BrN4O3. The zero-order chi connectivity index (χ0) is 18.9. The lowest BCUT2D eigenvalue weighted by Crippen LogP contribution is -2.48. The van der Waals surface area contributed by atoms with Gasteiger partial charge in [0.15, 0.2) is 0 Å². The lowest BCUT2D eigenvalue weighted by Gasteiger charge is -2.29. The van der Waals surface area contributed by atoms with E-state index in [9.17, 15) is 14.4 Å². The van der Waals surface area contributed by atoms with Crippen LogP contribution in [0.3, 0.4) is 0 Å². The second-order valence-corrected chi connectivity index (χ2v) is 7.23. The lowest BCUT2D eigenvalue weighted by molar-refractivity contribution is -0.136. The van der Waals surface area contributed by atoms with Crippen LogP contribution in [0.1, 0.15) is 32.6 Å². The summed E-state index contributed by atoms with van der Waals surface area (Å²) in [5, 5.41) is 8.01. The van der Waals surface area contributed by atoms with Crippen LogP contribution in [0.5, 0.6) is 0 Å². The first-order valence-electron chi connectivity index (χ1n) is 8.84. The number of nitrogens with zero attached hydrogens (tertiary/aromatic N) is 1. The molecule has 1 aromatic rings. The molecule has 26 heavy (non-hydrogen) atoms. The van der Waals surface area contributed by atoms with Gasteiger partial charge in [-0.25, -0.2) is 4.79 Å². The number of amides is 4. The zero-order valence-corrected chi connectivity index (χ0v) is 16.5. The first-order chi connectivity index (χ1) is 12.5. The van der Waals surface area contributed by atoms with Crippen molar-refractivity contribution in [3.05, 3.63) is 28.7 Å². The fourth-order valence-corrected chi connectivity index (χ4v) is 3.03. The number of piperidine rings is 1. The van der Waals surface area contributed by atoms with Crippen molar-refractivity contribution in [3.8, 4) is 0 Å². The van der Waals surface area contributed by atoms with E-state index < -0.39 is 6.04 Å². The molecule has 1 atom stereocenters. The van der Waals surface area contributed by atoms with Crippen molar-refractivity contribution in [2.24, 2.45) is 0 Å². The molecule has 142 valence electrons. The van der Waals surface area contributed by atoms with Crippen LogP contribution in [0.25, 0.3) is 0 Å². The van der Waals surface area contributed by atoms with Crippen molar-refractivity contribution in [2.45, 2.75) is 38.6 Å². The monoisotopic (exact) mass is 424 g/mol. The summed E-state index contributed by atoms with van der Waals surface area (Å²) in [5.74, 6) is -0.300. The number of carbonyl (C=O) groups excluding carboxylic acids is 3. The van der Waals surface area contributed by atoms with Crippen LogP contribution >= 0.6 is 15.9 Å². The summed E-state index contributed by atoms with van der Waals surface area (Å²) in [6.45, 7) is 3.41. The first-order valence-corrected chi connectivity index (χ1v) is 9.63. The quantitative estimate of drug-likeness (QED) is 0.654. The molecule has 0 radical (unpaired) electrons. The van der Waals surface area contributed by atoms with Gasteiger partial charge in [0.1, 0.15) is 6.04 Å². The summed E-state index contributed by atoms with van der Waals surface area (Å²) in [6.07, 6.45) is 3.30. The van der Waals surface area contributed by atoms with E-state index in [1.165, 1.54) is 0 Å². The van der Waals surface area contributed by atoms with Crippen molar-refractivity contribution in [1.29, 1.82) is 0 Å². The molecule has 1 aliphatic heterocycles. The molecule has 1 aromatic carbocycles. The van der Waals surface area contributed by atoms with Gasteiger partial charge < -0.3 is 20.9 Å². The predicted molar refractivity (Wildman–Crippen MR) is 104 cm³/mol. The molecule has 1 fully saturated rings. The summed E-state index contributed by atoms with van der Waals surface area (Å²) >= 11 is 3.32. The number of anilines is 1. The Hall–Kier alpha value is -2.09. The summed E-state index contributed by atoms with van der Waals surface area (Å²) < 4.78 is 0.924. The number of nitrogens with one attached hydrogen (secondary N) is 3. The largest absolute Gasteiger partial charge is 0.345 e. The van der Waals surface area contributed by atoms with Crippen LogP contribution in [-0.2, 0) is 9.59 Å². The molecule has 1 aliphatic rings. The van der Waals surface area contributed by atoms with Gasteiger partial charge in [-0.15, -0.1) is 0 Å². The Morgan fingerprint density at radius 3 is 2.42 bits per heavy atom. The molecular weight excluding hydrogens is 400 g/mol. The number of hydrogen-bond acceptors (Lipinski definition) is 3. The number of rotatable bonds is 6. The van der Waals surface area contributed by atoms with Gasteiger partial charge in [-0.3, -0.25) is 9.59 Å². The maximum absolute atomic E-state index is 12.3. The normalized spacial score (nSPS) is 15.1. The van der Waals surface area contributed by atoms with E-state index in [4.69, 9.17) is 0 Å². The van der Waals surface area contributed by atoms with E-state index in [2.05, 4.69) is 31.9 Å². The van der Waals surface area contributed by atoms with Crippen LogP contribution in [-0.4, -0.2) is 48.4 Å². The number of carbonyl (C=O) groups is 3. The van der Waals surface area contributed by atoms with Crippen LogP contribution in [0.2, 0.25) is 0 Å². The third-order valence-corrected chi connectivity index (χ3v) is 4.68. The Kier molecular flexibility index (Phi) is 7.90. The van der Waals surface area contributed by atoms with Crippen LogP contribution < -0.4 is 16.0 Å². The third kappa shape index (κ3) is 6.67. The van der Waals surface area contributed by atoms with Gasteiger partial charge in [-0.05, 0) is 50.5 Å². The van der Waals surface area contributed by atoms with Crippen LogP contribution in [0.15, 0.2) is 28.7 Å². The number of urea groups is 1. The smallest absolute Gasteiger partial charge is 0.319 e. The summed E-state index contributed by atoms with van der Waals surface area (Å²) in [4.78, 5) is 37.8. The molecule has 1 heterocycles. The average molecular weight is 425 g/mol. The highest BCUT2D eigenvalue weighted by Crippen LogP contribution is 2.13. The minimum absolute atomic E-state index is 0.0426. The van der Waals surface area contributed by atoms with Gasteiger partial charge >= 0.3 is 6.03 Å². The molecule has 0 aromatic heterocycles. The Labute approximate surface area is 162 Å². The molecule has 0 unspecified atom stereocenters.